The summed E-state index contributed by atoms with van der Waals surface area (Å²) < 4.78 is 5.03. The maximum absolute atomic E-state index is 11.4. The van der Waals surface area contributed by atoms with E-state index in [0.29, 0.717) is 5.76 Å². The minimum atomic E-state index is -0.830. The summed E-state index contributed by atoms with van der Waals surface area (Å²) in [6, 6.07) is 12.6. The van der Waals surface area contributed by atoms with Crippen LogP contribution in [-0.4, -0.2) is 18.0 Å². The molecule has 0 atom stereocenters. The fraction of sp³-hybridized carbons (Fsp3) is 0.0714. The molecule has 0 aliphatic carbocycles. The molecular formula is C14H13N3O3. The monoisotopic (exact) mass is 271 g/mol. The SMILES string of the molecule is O=C(NCc1ccco1)C(=O)N/N=C\c1ccccc1. The van der Waals surface area contributed by atoms with Crippen molar-refractivity contribution in [3.05, 3.63) is 60.1 Å². The summed E-state index contributed by atoms with van der Waals surface area (Å²) in [5, 5.41) is 6.11. The second-order valence-electron chi connectivity index (χ2n) is 3.87. The number of benzene rings is 1. The molecule has 0 saturated heterocycles. The molecule has 2 aromatic rings. The molecule has 0 radical (unpaired) electrons. The summed E-state index contributed by atoms with van der Waals surface area (Å²) >= 11 is 0. The van der Waals surface area contributed by atoms with Crippen molar-refractivity contribution in [1.29, 1.82) is 0 Å². The first-order chi connectivity index (χ1) is 9.75. The van der Waals surface area contributed by atoms with Gasteiger partial charge in [-0.05, 0) is 17.7 Å². The maximum atomic E-state index is 11.4. The first kappa shape index (κ1) is 13.5. The van der Waals surface area contributed by atoms with Crippen LogP contribution in [0.5, 0.6) is 0 Å². The predicted molar refractivity (Wildman–Crippen MR) is 72.7 cm³/mol. The number of carbonyl (C=O) groups is 2. The molecule has 6 heteroatoms. The van der Waals surface area contributed by atoms with E-state index >= 15 is 0 Å². The lowest BCUT2D eigenvalue weighted by molar-refractivity contribution is -0.139. The van der Waals surface area contributed by atoms with Gasteiger partial charge in [0.1, 0.15) is 5.76 Å². The molecule has 6 nitrogen and oxygen atoms in total. The number of rotatable bonds is 4. The fourth-order valence-electron chi connectivity index (χ4n) is 1.42. The summed E-state index contributed by atoms with van der Waals surface area (Å²) in [5.74, 6) is -1.03. The second-order valence-corrected chi connectivity index (χ2v) is 3.87. The van der Waals surface area contributed by atoms with Crippen molar-refractivity contribution in [3.63, 3.8) is 0 Å². The van der Waals surface area contributed by atoms with E-state index in [0.717, 1.165) is 5.56 Å². The Bertz CT molecular complexity index is 591. The molecule has 2 amide bonds. The zero-order valence-corrected chi connectivity index (χ0v) is 10.6. The summed E-state index contributed by atoms with van der Waals surface area (Å²) in [6.45, 7) is 0.154. The van der Waals surface area contributed by atoms with Crippen molar-refractivity contribution in [3.8, 4) is 0 Å². The molecule has 0 spiro atoms. The third-order valence-electron chi connectivity index (χ3n) is 2.39. The van der Waals surface area contributed by atoms with Gasteiger partial charge in [0.2, 0.25) is 0 Å². The number of furan rings is 1. The zero-order valence-electron chi connectivity index (χ0n) is 10.6. The number of hydrazone groups is 1. The van der Waals surface area contributed by atoms with E-state index in [4.69, 9.17) is 4.42 Å². The van der Waals surface area contributed by atoms with Crippen molar-refractivity contribution in [2.24, 2.45) is 5.10 Å². The lowest BCUT2D eigenvalue weighted by atomic mass is 10.2. The lowest BCUT2D eigenvalue weighted by Crippen LogP contribution is -2.37. The Labute approximate surface area is 115 Å². The zero-order chi connectivity index (χ0) is 14.2. The van der Waals surface area contributed by atoms with Crippen LogP contribution in [0.15, 0.2) is 58.2 Å². The molecule has 0 aliphatic rings. The van der Waals surface area contributed by atoms with Crippen LogP contribution in [0.4, 0.5) is 0 Å². The van der Waals surface area contributed by atoms with Gasteiger partial charge in [-0.15, -0.1) is 0 Å². The highest BCUT2D eigenvalue weighted by molar-refractivity contribution is 6.35. The maximum Gasteiger partial charge on any atom is 0.329 e. The van der Waals surface area contributed by atoms with E-state index in [9.17, 15) is 9.59 Å². The van der Waals surface area contributed by atoms with E-state index in [1.807, 2.05) is 30.3 Å². The van der Waals surface area contributed by atoms with Crippen molar-refractivity contribution >= 4 is 18.0 Å². The molecule has 2 rings (SSSR count). The van der Waals surface area contributed by atoms with Crippen LogP contribution in [0.3, 0.4) is 0 Å². The molecule has 2 N–H and O–H groups in total. The summed E-state index contributed by atoms with van der Waals surface area (Å²) in [4.78, 5) is 22.9. The van der Waals surface area contributed by atoms with Gasteiger partial charge in [0.15, 0.2) is 0 Å². The minimum Gasteiger partial charge on any atom is -0.467 e. The molecule has 20 heavy (non-hydrogen) atoms. The normalized spacial score (nSPS) is 10.4. The van der Waals surface area contributed by atoms with Crippen molar-refractivity contribution in [1.82, 2.24) is 10.7 Å². The Morgan fingerprint density at radius 1 is 1.10 bits per heavy atom. The van der Waals surface area contributed by atoms with Crippen LogP contribution in [0.25, 0.3) is 0 Å². The van der Waals surface area contributed by atoms with Crippen LogP contribution in [0.1, 0.15) is 11.3 Å². The lowest BCUT2D eigenvalue weighted by Gasteiger charge is -2.01. The van der Waals surface area contributed by atoms with Crippen LogP contribution >= 0.6 is 0 Å². The summed E-state index contributed by atoms with van der Waals surface area (Å²) in [7, 11) is 0. The smallest absolute Gasteiger partial charge is 0.329 e. The number of hydrogen-bond donors (Lipinski definition) is 2. The average molecular weight is 271 g/mol. The number of nitrogens with zero attached hydrogens (tertiary/aromatic N) is 1. The number of hydrogen-bond acceptors (Lipinski definition) is 4. The van der Waals surface area contributed by atoms with Gasteiger partial charge in [0, 0.05) is 0 Å². The van der Waals surface area contributed by atoms with Crippen molar-refractivity contribution < 1.29 is 14.0 Å². The van der Waals surface area contributed by atoms with E-state index in [2.05, 4.69) is 15.8 Å². The molecule has 0 aliphatic heterocycles. The highest BCUT2D eigenvalue weighted by atomic mass is 16.3. The van der Waals surface area contributed by atoms with Crippen LogP contribution in [-0.2, 0) is 16.1 Å². The van der Waals surface area contributed by atoms with Crippen LogP contribution in [0.2, 0.25) is 0 Å². The van der Waals surface area contributed by atoms with Gasteiger partial charge >= 0.3 is 11.8 Å². The largest absolute Gasteiger partial charge is 0.467 e. The van der Waals surface area contributed by atoms with Gasteiger partial charge in [0.25, 0.3) is 0 Å². The van der Waals surface area contributed by atoms with E-state index in [1.165, 1.54) is 12.5 Å². The number of carbonyl (C=O) groups excluding carboxylic acids is 2. The first-order valence-electron chi connectivity index (χ1n) is 5.94. The summed E-state index contributed by atoms with van der Waals surface area (Å²) in [5.41, 5.74) is 2.97. The third-order valence-corrected chi connectivity index (χ3v) is 2.39. The van der Waals surface area contributed by atoms with Gasteiger partial charge in [-0.2, -0.15) is 5.10 Å². The second kappa shape index (κ2) is 6.89. The Morgan fingerprint density at radius 3 is 2.60 bits per heavy atom. The fourth-order valence-corrected chi connectivity index (χ4v) is 1.42. The van der Waals surface area contributed by atoms with Gasteiger partial charge in [0.05, 0.1) is 19.0 Å². The average Bonchev–Trinajstić information content (AvgIpc) is 2.99. The molecule has 102 valence electrons. The van der Waals surface area contributed by atoms with Gasteiger partial charge in [-0.1, -0.05) is 30.3 Å². The van der Waals surface area contributed by atoms with Crippen molar-refractivity contribution in [2.45, 2.75) is 6.54 Å². The molecule has 0 bridgehead atoms. The molecule has 0 fully saturated rings. The van der Waals surface area contributed by atoms with Gasteiger partial charge in [-0.3, -0.25) is 9.59 Å². The Balaban J connectivity index is 1.76. The third kappa shape index (κ3) is 4.09. The number of amides is 2. The Kier molecular flexibility index (Phi) is 4.66. The van der Waals surface area contributed by atoms with Gasteiger partial charge in [-0.25, -0.2) is 5.43 Å². The topological polar surface area (TPSA) is 83.7 Å². The van der Waals surface area contributed by atoms with Crippen molar-refractivity contribution in [2.75, 3.05) is 0 Å². The predicted octanol–water partition coefficient (Wildman–Crippen LogP) is 1.05. The van der Waals surface area contributed by atoms with E-state index < -0.39 is 11.8 Å². The van der Waals surface area contributed by atoms with Gasteiger partial charge < -0.3 is 9.73 Å². The van der Waals surface area contributed by atoms with Crippen LogP contribution in [0, 0.1) is 0 Å². The Morgan fingerprint density at radius 2 is 1.90 bits per heavy atom. The minimum absolute atomic E-state index is 0.154. The quantitative estimate of drug-likeness (QED) is 0.495. The number of nitrogens with one attached hydrogen (secondary N) is 2. The molecule has 0 unspecified atom stereocenters. The Hall–Kier alpha value is -2.89. The highest BCUT2D eigenvalue weighted by Gasteiger charge is 2.12. The molecule has 1 aromatic carbocycles. The standard InChI is InChI=1S/C14H13N3O3/c18-13(15-10-12-7-4-8-20-12)14(19)17-16-9-11-5-2-1-3-6-11/h1-9H,10H2,(H,15,18)(H,17,19)/b16-9-. The molecule has 0 saturated carbocycles. The molecule has 1 aromatic heterocycles. The van der Waals surface area contributed by atoms with E-state index in [-0.39, 0.29) is 6.54 Å². The molecule has 1 heterocycles. The summed E-state index contributed by atoms with van der Waals surface area (Å²) in [6.07, 6.45) is 2.95. The van der Waals surface area contributed by atoms with E-state index in [1.54, 1.807) is 12.1 Å². The first-order valence-corrected chi connectivity index (χ1v) is 5.94. The van der Waals surface area contributed by atoms with Crippen LogP contribution < -0.4 is 10.7 Å². The molecular weight excluding hydrogens is 258 g/mol. The highest BCUT2D eigenvalue weighted by Crippen LogP contribution is 1.98.